The number of anilines is 2. The van der Waals surface area contributed by atoms with Crippen LogP contribution in [0.2, 0.25) is 0 Å². The van der Waals surface area contributed by atoms with Gasteiger partial charge in [-0.3, -0.25) is 4.98 Å². The van der Waals surface area contributed by atoms with Gasteiger partial charge in [0.15, 0.2) is 0 Å². The first-order chi connectivity index (χ1) is 11.2. The maximum atomic E-state index is 6.16. The first-order valence-corrected chi connectivity index (χ1v) is 8.42. The smallest absolute Gasteiger partial charge is 0.211 e. The van der Waals surface area contributed by atoms with Gasteiger partial charge in [0, 0.05) is 18.1 Å². The van der Waals surface area contributed by atoms with Crippen molar-refractivity contribution in [3.63, 3.8) is 0 Å². The Hall–Kier alpha value is -2.18. The van der Waals surface area contributed by atoms with Gasteiger partial charge in [-0.1, -0.05) is 35.1 Å². The lowest BCUT2D eigenvalue weighted by molar-refractivity contribution is 0.954. The van der Waals surface area contributed by atoms with E-state index in [0.717, 1.165) is 40.0 Å². The lowest BCUT2D eigenvalue weighted by Crippen LogP contribution is -2.02. The van der Waals surface area contributed by atoms with E-state index >= 15 is 0 Å². The zero-order chi connectivity index (χ0) is 16.1. The number of hydrogen-bond donors (Lipinski definition) is 2. The van der Waals surface area contributed by atoms with Crippen LogP contribution in [0.4, 0.5) is 10.3 Å². The molecule has 0 unspecified atom stereocenters. The van der Waals surface area contributed by atoms with Crippen molar-refractivity contribution in [3.05, 3.63) is 59.2 Å². The molecule has 1 aliphatic carbocycles. The third-order valence-corrected chi connectivity index (χ3v) is 4.40. The number of allylic oxidation sites excluding steroid dienone is 5. The number of nitrogens with one attached hydrogen (secondary N) is 2. The molecule has 0 amide bonds. The summed E-state index contributed by atoms with van der Waals surface area (Å²) in [6, 6.07) is 5.82. The molecule has 0 aromatic carbocycles. The lowest BCUT2D eigenvalue weighted by Gasteiger charge is -2.11. The van der Waals surface area contributed by atoms with Gasteiger partial charge in [0.2, 0.25) is 10.3 Å². The fraction of sp³-hybridized carbons (Fsp3) is 0.188. The molecule has 23 heavy (non-hydrogen) atoms. The third kappa shape index (κ3) is 4.18. The summed E-state index contributed by atoms with van der Waals surface area (Å²) in [6.07, 6.45) is 9.49. The van der Waals surface area contributed by atoms with Crippen molar-refractivity contribution < 1.29 is 0 Å². The monoisotopic (exact) mass is 345 g/mol. The molecule has 1 aliphatic rings. The number of pyridine rings is 1. The molecule has 0 spiro atoms. The van der Waals surface area contributed by atoms with Crippen LogP contribution < -0.4 is 10.6 Å². The molecule has 2 aromatic heterocycles. The average Bonchev–Trinajstić information content (AvgIpc) is 3.03. The molecule has 2 N–H and O–H groups in total. The summed E-state index contributed by atoms with van der Waals surface area (Å²) in [5, 5.41) is 16.8. The molecule has 118 valence electrons. The highest BCUT2D eigenvalue weighted by Gasteiger charge is 2.10. The highest BCUT2D eigenvalue weighted by Crippen LogP contribution is 2.27. The van der Waals surface area contributed by atoms with E-state index < -0.39 is 0 Å². The number of aromatic nitrogens is 3. The van der Waals surface area contributed by atoms with Crippen LogP contribution in [0.15, 0.2) is 53.5 Å². The maximum Gasteiger partial charge on any atom is 0.211 e. The molecule has 7 heteroatoms. The molecule has 0 aliphatic heterocycles. The van der Waals surface area contributed by atoms with Crippen LogP contribution in [0.3, 0.4) is 0 Å². The van der Waals surface area contributed by atoms with Crippen molar-refractivity contribution in [1.29, 1.82) is 0 Å². The van der Waals surface area contributed by atoms with Crippen LogP contribution in [0, 0.1) is 0 Å². The van der Waals surface area contributed by atoms with Gasteiger partial charge in [-0.2, -0.15) is 0 Å². The summed E-state index contributed by atoms with van der Waals surface area (Å²) in [4.78, 5) is 4.30. The Morgan fingerprint density at radius 2 is 2.17 bits per heavy atom. The zero-order valence-corrected chi connectivity index (χ0v) is 14.2. The normalized spacial score (nSPS) is 15.0. The Morgan fingerprint density at radius 1 is 1.30 bits per heavy atom. The van der Waals surface area contributed by atoms with E-state index in [-0.39, 0.29) is 0 Å². The van der Waals surface area contributed by atoms with E-state index in [0.29, 0.717) is 5.13 Å². The number of rotatable bonds is 5. The van der Waals surface area contributed by atoms with Gasteiger partial charge in [0.25, 0.3) is 0 Å². The zero-order valence-electron chi connectivity index (χ0n) is 12.6. The van der Waals surface area contributed by atoms with Gasteiger partial charge in [-0.15, -0.1) is 10.2 Å². The van der Waals surface area contributed by atoms with E-state index in [2.05, 4.69) is 31.9 Å². The van der Waals surface area contributed by atoms with Crippen molar-refractivity contribution in [2.45, 2.75) is 19.8 Å². The second kappa shape index (κ2) is 7.39. The molecule has 0 saturated heterocycles. The van der Waals surface area contributed by atoms with Gasteiger partial charge >= 0.3 is 0 Å². The molecular weight excluding hydrogens is 330 g/mol. The van der Waals surface area contributed by atoms with Gasteiger partial charge in [0.05, 0.1) is 10.7 Å². The van der Waals surface area contributed by atoms with E-state index in [1.807, 2.05) is 37.4 Å². The second-order valence-corrected chi connectivity index (χ2v) is 6.38. The Bertz CT molecular complexity index is 764. The van der Waals surface area contributed by atoms with Crippen molar-refractivity contribution in [2.75, 3.05) is 10.6 Å². The molecular formula is C16H16ClN5S. The van der Waals surface area contributed by atoms with Crippen LogP contribution >= 0.6 is 22.9 Å². The Kier molecular flexibility index (Phi) is 5.05. The minimum atomic E-state index is 0.714. The standard InChI is InChI=1S/C16H16ClN5S/c1-11(13-7-4-5-9-18-13)10-19-15-21-22-16(23-15)20-14-8-3-2-6-12(14)17/h2,4-7,9-10H,3,8H2,1H3,(H,19,21)(H,20,22)/b11-10-. The van der Waals surface area contributed by atoms with Gasteiger partial charge in [0.1, 0.15) is 0 Å². The quantitative estimate of drug-likeness (QED) is 0.828. The highest BCUT2D eigenvalue weighted by atomic mass is 35.5. The molecule has 0 bridgehead atoms. The first-order valence-electron chi connectivity index (χ1n) is 7.23. The fourth-order valence-corrected chi connectivity index (χ4v) is 2.93. The highest BCUT2D eigenvalue weighted by molar-refractivity contribution is 7.19. The SMILES string of the molecule is C/C(=C/Nc1nnc(NC2=C(Cl)C=CCC2)s1)c1ccccn1. The summed E-state index contributed by atoms with van der Waals surface area (Å²) in [5.74, 6) is 0. The summed E-state index contributed by atoms with van der Waals surface area (Å²) in [5.41, 5.74) is 2.93. The largest absolute Gasteiger partial charge is 0.336 e. The summed E-state index contributed by atoms with van der Waals surface area (Å²) >= 11 is 7.60. The number of hydrogen-bond acceptors (Lipinski definition) is 6. The topological polar surface area (TPSA) is 62.7 Å². The van der Waals surface area contributed by atoms with Gasteiger partial charge in [-0.05, 0) is 43.5 Å². The summed E-state index contributed by atoms with van der Waals surface area (Å²) in [6.45, 7) is 1.99. The summed E-state index contributed by atoms with van der Waals surface area (Å²) in [7, 11) is 0. The van der Waals surface area contributed by atoms with Crippen LogP contribution in [-0.4, -0.2) is 15.2 Å². The van der Waals surface area contributed by atoms with E-state index in [1.54, 1.807) is 6.20 Å². The maximum absolute atomic E-state index is 6.16. The van der Waals surface area contributed by atoms with Crippen molar-refractivity contribution in [3.8, 4) is 0 Å². The first kappa shape index (κ1) is 15.7. The molecule has 0 radical (unpaired) electrons. The molecule has 0 atom stereocenters. The number of nitrogens with zero attached hydrogens (tertiary/aromatic N) is 3. The molecule has 2 aromatic rings. The minimum absolute atomic E-state index is 0.714. The third-order valence-electron chi connectivity index (χ3n) is 3.28. The Balaban J connectivity index is 1.65. The van der Waals surface area contributed by atoms with Crippen molar-refractivity contribution in [2.24, 2.45) is 0 Å². The van der Waals surface area contributed by atoms with Crippen molar-refractivity contribution >= 4 is 38.8 Å². The van der Waals surface area contributed by atoms with Gasteiger partial charge in [-0.25, -0.2) is 0 Å². The second-order valence-electron chi connectivity index (χ2n) is 4.99. The van der Waals surface area contributed by atoms with Crippen molar-refractivity contribution in [1.82, 2.24) is 15.2 Å². The Morgan fingerprint density at radius 3 is 2.96 bits per heavy atom. The van der Waals surface area contributed by atoms with E-state index in [1.165, 1.54) is 11.3 Å². The predicted octanol–water partition coefficient (Wildman–Crippen LogP) is 4.62. The van der Waals surface area contributed by atoms with Crippen LogP contribution in [0.25, 0.3) is 5.57 Å². The Labute approximate surface area is 143 Å². The van der Waals surface area contributed by atoms with E-state index in [9.17, 15) is 0 Å². The lowest BCUT2D eigenvalue weighted by atomic mass is 10.1. The molecule has 2 heterocycles. The van der Waals surface area contributed by atoms with Crippen LogP contribution in [0.1, 0.15) is 25.5 Å². The minimum Gasteiger partial charge on any atom is -0.336 e. The van der Waals surface area contributed by atoms with Gasteiger partial charge < -0.3 is 10.6 Å². The average molecular weight is 346 g/mol. The summed E-state index contributed by atoms with van der Waals surface area (Å²) < 4.78 is 0. The molecule has 0 fully saturated rings. The van der Waals surface area contributed by atoms with Crippen LogP contribution in [-0.2, 0) is 0 Å². The van der Waals surface area contributed by atoms with E-state index in [4.69, 9.17) is 11.6 Å². The van der Waals surface area contributed by atoms with Crippen LogP contribution in [0.5, 0.6) is 0 Å². The molecule has 3 rings (SSSR count). The molecule has 0 saturated carbocycles. The fourth-order valence-electron chi connectivity index (χ4n) is 2.06. The predicted molar refractivity (Wildman–Crippen MR) is 96.3 cm³/mol. The molecule has 5 nitrogen and oxygen atoms in total. The number of halogens is 1.